The number of nitrogens with zero attached hydrogens (tertiary/aromatic N) is 1. The van der Waals surface area contributed by atoms with Crippen molar-refractivity contribution >= 4 is 0 Å². The normalized spacial score (nSPS) is 17.4. The molecule has 0 spiro atoms. The van der Waals surface area contributed by atoms with Crippen LogP contribution in [0.15, 0.2) is 0 Å². The number of likely N-dealkylation sites (tertiary alicyclic amines) is 1. The van der Waals surface area contributed by atoms with Crippen LogP contribution in [0.5, 0.6) is 0 Å². The SMILES string of the molecule is CC(C)N1CCCC1.CCCC(C)C. The molecule has 1 heteroatoms. The minimum atomic E-state index is 0.775. The van der Waals surface area contributed by atoms with E-state index in [1.165, 1.54) is 38.8 Å². The van der Waals surface area contributed by atoms with Gasteiger partial charge in [-0.25, -0.2) is 0 Å². The van der Waals surface area contributed by atoms with Gasteiger partial charge in [0, 0.05) is 6.04 Å². The molecule has 1 aliphatic rings. The van der Waals surface area contributed by atoms with E-state index in [1.807, 2.05) is 0 Å². The van der Waals surface area contributed by atoms with Crippen LogP contribution in [0.1, 0.15) is 60.3 Å². The van der Waals surface area contributed by atoms with Gasteiger partial charge in [0.1, 0.15) is 0 Å². The number of hydrogen-bond donors (Lipinski definition) is 0. The van der Waals surface area contributed by atoms with Gasteiger partial charge in [-0.2, -0.15) is 0 Å². The van der Waals surface area contributed by atoms with Crippen LogP contribution in [0.4, 0.5) is 0 Å². The Labute approximate surface area is 90.9 Å². The first-order valence-corrected chi connectivity index (χ1v) is 6.32. The molecule has 0 unspecified atom stereocenters. The third-order valence-corrected chi connectivity index (χ3v) is 2.74. The smallest absolute Gasteiger partial charge is 0.00385 e. The van der Waals surface area contributed by atoms with Crippen molar-refractivity contribution in [1.82, 2.24) is 4.90 Å². The standard InChI is InChI=1S/C7H15N.C6H14/c1-7(2)8-5-3-4-6-8;1-4-5-6(2)3/h7H,3-6H2,1-2H3;6H,4-5H2,1-3H3. The van der Waals surface area contributed by atoms with E-state index in [1.54, 1.807) is 0 Å². The molecule has 0 N–H and O–H groups in total. The molecule has 0 bridgehead atoms. The number of rotatable bonds is 3. The van der Waals surface area contributed by atoms with E-state index in [-0.39, 0.29) is 0 Å². The summed E-state index contributed by atoms with van der Waals surface area (Å²) in [5.74, 6) is 0.898. The van der Waals surface area contributed by atoms with Crippen molar-refractivity contribution in [2.24, 2.45) is 5.92 Å². The van der Waals surface area contributed by atoms with Crippen molar-refractivity contribution in [3.05, 3.63) is 0 Å². The van der Waals surface area contributed by atoms with E-state index < -0.39 is 0 Å². The molecular weight excluding hydrogens is 170 g/mol. The first-order valence-electron chi connectivity index (χ1n) is 6.32. The average molecular weight is 199 g/mol. The van der Waals surface area contributed by atoms with Crippen LogP contribution in [0.25, 0.3) is 0 Å². The van der Waals surface area contributed by atoms with Crippen molar-refractivity contribution in [2.75, 3.05) is 13.1 Å². The predicted octanol–water partition coefficient (Wildman–Crippen LogP) is 3.93. The fraction of sp³-hybridized carbons (Fsp3) is 1.00. The van der Waals surface area contributed by atoms with Crippen LogP contribution in [-0.2, 0) is 0 Å². The van der Waals surface area contributed by atoms with Gasteiger partial charge in [-0.15, -0.1) is 0 Å². The van der Waals surface area contributed by atoms with Gasteiger partial charge >= 0.3 is 0 Å². The van der Waals surface area contributed by atoms with E-state index in [2.05, 4.69) is 39.5 Å². The summed E-state index contributed by atoms with van der Waals surface area (Å²) in [6, 6.07) is 0.775. The lowest BCUT2D eigenvalue weighted by Gasteiger charge is -2.18. The van der Waals surface area contributed by atoms with E-state index in [4.69, 9.17) is 0 Å². The second kappa shape index (κ2) is 8.28. The Morgan fingerprint density at radius 1 is 1.00 bits per heavy atom. The molecule has 1 aliphatic heterocycles. The molecule has 0 aliphatic carbocycles. The molecule has 1 nitrogen and oxygen atoms in total. The largest absolute Gasteiger partial charge is 0.301 e. The Morgan fingerprint density at radius 3 is 1.64 bits per heavy atom. The van der Waals surface area contributed by atoms with E-state index >= 15 is 0 Å². The van der Waals surface area contributed by atoms with Gasteiger partial charge in [0.05, 0.1) is 0 Å². The van der Waals surface area contributed by atoms with Crippen molar-refractivity contribution in [2.45, 2.75) is 66.3 Å². The van der Waals surface area contributed by atoms with Crippen LogP contribution in [-0.4, -0.2) is 24.0 Å². The van der Waals surface area contributed by atoms with Gasteiger partial charge in [-0.1, -0.05) is 33.6 Å². The van der Waals surface area contributed by atoms with Gasteiger partial charge in [-0.05, 0) is 45.7 Å². The minimum Gasteiger partial charge on any atom is -0.301 e. The van der Waals surface area contributed by atoms with Crippen LogP contribution in [0.3, 0.4) is 0 Å². The molecule has 1 heterocycles. The second-order valence-corrected chi connectivity index (χ2v) is 5.02. The van der Waals surface area contributed by atoms with Gasteiger partial charge in [0.15, 0.2) is 0 Å². The Morgan fingerprint density at radius 2 is 1.50 bits per heavy atom. The molecule has 0 aromatic rings. The van der Waals surface area contributed by atoms with Crippen molar-refractivity contribution < 1.29 is 0 Å². The summed E-state index contributed by atoms with van der Waals surface area (Å²) in [7, 11) is 0. The Kier molecular flexibility index (Phi) is 8.26. The zero-order valence-electron chi connectivity index (χ0n) is 10.8. The summed E-state index contributed by atoms with van der Waals surface area (Å²) < 4.78 is 0. The molecule has 0 saturated carbocycles. The molecule has 0 radical (unpaired) electrons. The molecule has 0 aromatic carbocycles. The molecule has 86 valence electrons. The predicted molar refractivity (Wildman–Crippen MR) is 65.7 cm³/mol. The highest BCUT2D eigenvalue weighted by Crippen LogP contribution is 2.09. The Hall–Kier alpha value is -0.0400. The maximum atomic E-state index is 2.53. The van der Waals surface area contributed by atoms with Gasteiger partial charge in [0.2, 0.25) is 0 Å². The summed E-state index contributed by atoms with van der Waals surface area (Å²) in [6.07, 6.45) is 5.54. The van der Waals surface area contributed by atoms with Crippen LogP contribution in [0, 0.1) is 5.92 Å². The molecule has 1 rings (SSSR count). The highest BCUT2D eigenvalue weighted by atomic mass is 15.2. The minimum absolute atomic E-state index is 0.775. The Bertz CT molecular complexity index is 112. The summed E-state index contributed by atoms with van der Waals surface area (Å²) in [5.41, 5.74) is 0. The lowest BCUT2D eigenvalue weighted by Crippen LogP contribution is -2.26. The fourth-order valence-corrected chi connectivity index (χ4v) is 1.84. The maximum absolute atomic E-state index is 2.53. The van der Waals surface area contributed by atoms with E-state index in [9.17, 15) is 0 Å². The van der Waals surface area contributed by atoms with Crippen LogP contribution >= 0.6 is 0 Å². The van der Waals surface area contributed by atoms with Gasteiger partial charge in [-0.3, -0.25) is 0 Å². The molecule has 14 heavy (non-hydrogen) atoms. The summed E-state index contributed by atoms with van der Waals surface area (Å²) in [5, 5.41) is 0. The summed E-state index contributed by atoms with van der Waals surface area (Å²) >= 11 is 0. The number of hydrogen-bond acceptors (Lipinski definition) is 1. The first kappa shape index (κ1) is 14.0. The highest BCUT2D eigenvalue weighted by molar-refractivity contribution is 4.68. The molecule has 0 atom stereocenters. The van der Waals surface area contributed by atoms with Crippen LogP contribution in [0.2, 0.25) is 0 Å². The quantitative estimate of drug-likeness (QED) is 0.665. The molecule has 0 aromatic heterocycles. The summed E-state index contributed by atoms with van der Waals surface area (Å²) in [4.78, 5) is 2.53. The molecule has 1 fully saturated rings. The lowest BCUT2D eigenvalue weighted by molar-refractivity contribution is 0.276. The fourth-order valence-electron chi connectivity index (χ4n) is 1.84. The van der Waals surface area contributed by atoms with Gasteiger partial charge in [0.25, 0.3) is 0 Å². The van der Waals surface area contributed by atoms with Crippen LogP contribution < -0.4 is 0 Å². The van der Waals surface area contributed by atoms with E-state index in [0.717, 1.165) is 12.0 Å². The third-order valence-electron chi connectivity index (χ3n) is 2.74. The zero-order chi connectivity index (χ0) is 11.0. The highest BCUT2D eigenvalue weighted by Gasteiger charge is 2.13. The second-order valence-electron chi connectivity index (χ2n) is 5.02. The average Bonchev–Trinajstić information content (AvgIpc) is 2.56. The first-order chi connectivity index (χ1) is 6.57. The van der Waals surface area contributed by atoms with Gasteiger partial charge < -0.3 is 4.90 Å². The van der Waals surface area contributed by atoms with Crippen molar-refractivity contribution in [3.8, 4) is 0 Å². The zero-order valence-corrected chi connectivity index (χ0v) is 10.8. The third kappa shape index (κ3) is 7.37. The maximum Gasteiger partial charge on any atom is 0.00385 e. The lowest BCUT2D eigenvalue weighted by atomic mass is 10.1. The van der Waals surface area contributed by atoms with Crippen molar-refractivity contribution in [3.63, 3.8) is 0 Å². The molecular formula is C13H29N. The topological polar surface area (TPSA) is 3.24 Å². The summed E-state index contributed by atoms with van der Waals surface area (Å²) in [6.45, 7) is 13.9. The molecule has 0 amide bonds. The molecule has 1 saturated heterocycles. The Balaban J connectivity index is 0.000000255. The van der Waals surface area contributed by atoms with Crippen molar-refractivity contribution in [1.29, 1.82) is 0 Å². The monoisotopic (exact) mass is 199 g/mol. The van der Waals surface area contributed by atoms with E-state index in [0.29, 0.717) is 0 Å².